The number of aromatic nitrogens is 1. The second-order valence-corrected chi connectivity index (χ2v) is 8.49. The molecule has 0 atom stereocenters. The number of rotatable bonds is 2. The molecule has 1 aromatic rings. The number of pyridine rings is 1. The molecule has 16 heavy (non-hydrogen) atoms. The molecule has 88 valence electrons. The van der Waals surface area contributed by atoms with Gasteiger partial charge in [0.25, 0.3) is 0 Å². The Labute approximate surface area is 98.3 Å². The highest BCUT2D eigenvalue weighted by Gasteiger charge is 2.17. The summed E-state index contributed by atoms with van der Waals surface area (Å²) >= 11 is 0. The van der Waals surface area contributed by atoms with E-state index >= 15 is 0 Å². The molecule has 0 aliphatic carbocycles. The van der Waals surface area contributed by atoms with Gasteiger partial charge in [0.1, 0.15) is 0 Å². The van der Waals surface area contributed by atoms with Crippen LogP contribution in [0.3, 0.4) is 0 Å². The Kier molecular flexibility index (Phi) is 7.12. The molecule has 0 radical (unpaired) electrons. The van der Waals surface area contributed by atoms with Crippen molar-refractivity contribution < 1.29 is 9.22 Å². The van der Waals surface area contributed by atoms with Gasteiger partial charge in [-0.2, -0.15) is 0 Å². The predicted molar refractivity (Wildman–Crippen MR) is 68.5 cm³/mol. The van der Waals surface area contributed by atoms with Crippen molar-refractivity contribution in [2.75, 3.05) is 0 Å². The second kappa shape index (κ2) is 7.82. The molecule has 0 bridgehead atoms. The minimum Gasteiger partial charge on any atom is -0.517 e. The molecule has 0 spiro atoms. The fraction of sp³-hybridized carbons (Fsp3) is 0.333. The average molecular weight is 237 g/mol. The lowest BCUT2D eigenvalue weighted by Gasteiger charge is -2.15. The molecular weight excluding hydrogens is 218 g/mol. The monoisotopic (exact) mass is 237 g/mol. The van der Waals surface area contributed by atoms with Crippen LogP contribution >= 0.6 is 0 Å². The predicted octanol–water partition coefficient (Wildman–Crippen LogP) is 3.02. The fourth-order valence-electron chi connectivity index (χ4n) is 0.784. The first kappa shape index (κ1) is 14.6. The molecule has 1 aromatic heterocycles. The van der Waals surface area contributed by atoms with E-state index in [9.17, 15) is 4.79 Å². The summed E-state index contributed by atoms with van der Waals surface area (Å²) in [5, 5.41) is 0. The maximum atomic E-state index is 10.8. The molecule has 0 fully saturated rings. The third-order valence-corrected chi connectivity index (χ3v) is 2.09. The van der Waals surface area contributed by atoms with Crippen LogP contribution in [0.4, 0.5) is 0 Å². The van der Waals surface area contributed by atoms with Gasteiger partial charge in [0, 0.05) is 18.5 Å². The Bertz CT molecular complexity index is 291. The van der Waals surface area contributed by atoms with Crippen molar-refractivity contribution in [2.45, 2.75) is 26.6 Å². The van der Waals surface area contributed by atoms with Crippen molar-refractivity contribution in [3.05, 3.63) is 42.7 Å². The summed E-state index contributed by atoms with van der Waals surface area (Å²) in [6.07, 6.45) is 6.63. The standard InChI is InChI=1S/C7H14O2Si.C5H5N/c1-5-6-7(8)9-10(2,3)4;1-2-4-6-5-3-1/h5-6H,1-4H3;1-5H. The van der Waals surface area contributed by atoms with Crippen LogP contribution in [-0.4, -0.2) is 19.3 Å². The van der Waals surface area contributed by atoms with Crippen LogP contribution in [0.5, 0.6) is 0 Å². The van der Waals surface area contributed by atoms with Crippen molar-refractivity contribution in [1.29, 1.82) is 0 Å². The minimum absolute atomic E-state index is 0.221. The largest absolute Gasteiger partial charge is 0.517 e. The number of carbonyl (C=O) groups excluding carboxylic acids is 1. The second-order valence-electron chi connectivity index (χ2n) is 4.06. The molecular formula is C12H19NO2Si. The lowest BCUT2D eigenvalue weighted by molar-refractivity contribution is -0.129. The van der Waals surface area contributed by atoms with Crippen LogP contribution in [0.25, 0.3) is 0 Å². The number of allylic oxidation sites excluding steroid dienone is 1. The highest BCUT2D eigenvalue weighted by Crippen LogP contribution is 2.02. The van der Waals surface area contributed by atoms with Crippen molar-refractivity contribution >= 4 is 14.3 Å². The molecule has 0 unspecified atom stereocenters. The Hall–Kier alpha value is -1.42. The van der Waals surface area contributed by atoms with Crippen molar-refractivity contribution in [3.8, 4) is 0 Å². The molecule has 0 amide bonds. The Balaban J connectivity index is 0.000000315. The fourth-order valence-corrected chi connectivity index (χ4v) is 1.46. The van der Waals surface area contributed by atoms with Gasteiger partial charge < -0.3 is 4.43 Å². The van der Waals surface area contributed by atoms with Gasteiger partial charge in [0.15, 0.2) is 0 Å². The molecule has 0 saturated heterocycles. The third-order valence-electron chi connectivity index (χ3n) is 1.28. The van der Waals surface area contributed by atoms with Gasteiger partial charge in [0.05, 0.1) is 0 Å². The third kappa shape index (κ3) is 10.7. The zero-order chi connectivity index (χ0) is 12.4. The van der Waals surface area contributed by atoms with Gasteiger partial charge in [-0.3, -0.25) is 4.98 Å². The average Bonchev–Trinajstić information content (AvgIpc) is 2.19. The number of hydrogen-bond donors (Lipinski definition) is 0. The molecule has 4 heteroatoms. The SMILES string of the molecule is CC=CC(=O)O[Si](C)(C)C.c1ccncc1. The summed E-state index contributed by atoms with van der Waals surface area (Å²) in [6, 6.07) is 5.72. The topological polar surface area (TPSA) is 39.2 Å². The quantitative estimate of drug-likeness (QED) is 0.586. The van der Waals surface area contributed by atoms with Crippen LogP contribution < -0.4 is 0 Å². The first-order valence-electron chi connectivity index (χ1n) is 5.16. The van der Waals surface area contributed by atoms with E-state index in [1.807, 2.05) is 37.8 Å². The Morgan fingerprint density at radius 1 is 1.19 bits per heavy atom. The summed E-state index contributed by atoms with van der Waals surface area (Å²) < 4.78 is 5.09. The summed E-state index contributed by atoms with van der Waals surface area (Å²) in [5.41, 5.74) is 0. The van der Waals surface area contributed by atoms with E-state index in [4.69, 9.17) is 4.43 Å². The van der Waals surface area contributed by atoms with Crippen LogP contribution in [0.1, 0.15) is 6.92 Å². The molecule has 0 saturated carbocycles. The molecule has 1 rings (SSSR count). The van der Waals surface area contributed by atoms with Gasteiger partial charge in [-0.05, 0) is 38.7 Å². The lowest BCUT2D eigenvalue weighted by atomic mass is 10.5. The van der Waals surface area contributed by atoms with Crippen molar-refractivity contribution in [3.63, 3.8) is 0 Å². The Morgan fingerprint density at radius 2 is 1.75 bits per heavy atom. The molecule has 0 aromatic carbocycles. The van der Waals surface area contributed by atoms with E-state index in [1.54, 1.807) is 25.4 Å². The summed E-state index contributed by atoms with van der Waals surface area (Å²) in [5.74, 6) is -0.221. The van der Waals surface area contributed by atoms with Crippen LogP contribution in [0, 0.1) is 0 Å². The van der Waals surface area contributed by atoms with Crippen LogP contribution in [0.2, 0.25) is 19.6 Å². The van der Waals surface area contributed by atoms with Gasteiger partial charge in [-0.25, -0.2) is 4.79 Å². The van der Waals surface area contributed by atoms with Gasteiger partial charge in [-0.1, -0.05) is 12.1 Å². The maximum Gasteiger partial charge on any atom is 0.317 e. The number of carbonyl (C=O) groups is 1. The normalized spacial score (nSPS) is 10.5. The van der Waals surface area contributed by atoms with Gasteiger partial charge in [0.2, 0.25) is 8.32 Å². The zero-order valence-electron chi connectivity index (χ0n) is 10.3. The maximum absolute atomic E-state index is 10.8. The Morgan fingerprint density at radius 3 is 2.00 bits per heavy atom. The molecule has 0 aliphatic heterocycles. The van der Waals surface area contributed by atoms with Crippen molar-refractivity contribution in [1.82, 2.24) is 4.98 Å². The minimum atomic E-state index is -1.66. The summed E-state index contributed by atoms with van der Waals surface area (Å²) in [4.78, 5) is 14.6. The van der Waals surface area contributed by atoms with E-state index < -0.39 is 8.32 Å². The zero-order valence-corrected chi connectivity index (χ0v) is 11.3. The van der Waals surface area contributed by atoms with E-state index in [0.29, 0.717) is 0 Å². The van der Waals surface area contributed by atoms with Crippen LogP contribution in [0.15, 0.2) is 42.7 Å². The summed E-state index contributed by atoms with van der Waals surface area (Å²) in [7, 11) is -1.66. The van der Waals surface area contributed by atoms with E-state index in [0.717, 1.165) is 0 Å². The molecule has 1 heterocycles. The molecule has 3 nitrogen and oxygen atoms in total. The van der Waals surface area contributed by atoms with Crippen LogP contribution in [-0.2, 0) is 9.22 Å². The summed E-state index contributed by atoms with van der Waals surface area (Å²) in [6.45, 7) is 7.74. The van der Waals surface area contributed by atoms with Gasteiger partial charge >= 0.3 is 5.97 Å². The first-order chi connectivity index (χ1) is 7.45. The smallest absolute Gasteiger partial charge is 0.317 e. The van der Waals surface area contributed by atoms with Gasteiger partial charge in [-0.15, -0.1) is 0 Å². The van der Waals surface area contributed by atoms with E-state index in [1.165, 1.54) is 6.08 Å². The lowest BCUT2D eigenvalue weighted by Crippen LogP contribution is -2.28. The first-order valence-corrected chi connectivity index (χ1v) is 8.57. The van der Waals surface area contributed by atoms with E-state index in [2.05, 4.69) is 4.98 Å². The number of nitrogens with zero attached hydrogens (tertiary/aromatic N) is 1. The highest BCUT2D eigenvalue weighted by molar-refractivity contribution is 6.71. The van der Waals surface area contributed by atoms with E-state index in [-0.39, 0.29) is 5.97 Å². The highest BCUT2D eigenvalue weighted by atomic mass is 28.4. The molecule has 0 N–H and O–H groups in total. The van der Waals surface area contributed by atoms with Crippen molar-refractivity contribution in [2.24, 2.45) is 0 Å². The number of hydrogen-bond acceptors (Lipinski definition) is 3. The molecule has 0 aliphatic rings.